The first-order valence-corrected chi connectivity index (χ1v) is 9.03. The van der Waals surface area contributed by atoms with Gasteiger partial charge in [0, 0.05) is 43.7 Å². The highest BCUT2D eigenvalue weighted by Crippen LogP contribution is 2.32. The largest absolute Gasteiger partial charge is 0.496 e. The number of hydrogen-bond donors (Lipinski definition) is 0. The van der Waals surface area contributed by atoms with Crippen molar-refractivity contribution in [2.24, 2.45) is 0 Å². The van der Waals surface area contributed by atoms with Crippen LogP contribution in [-0.2, 0) is 10.2 Å². The lowest BCUT2D eigenvalue weighted by atomic mass is 9.85. The maximum atomic E-state index is 12.9. The highest BCUT2D eigenvalue weighted by molar-refractivity contribution is 5.95. The molecule has 1 aliphatic rings. The minimum atomic E-state index is -0.104. The Kier molecular flexibility index (Phi) is 6.09. The summed E-state index contributed by atoms with van der Waals surface area (Å²) < 4.78 is 5.45. The second-order valence-corrected chi connectivity index (χ2v) is 7.59. The lowest BCUT2D eigenvalue weighted by molar-refractivity contribution is -0.132. The van der Waals surface area contributed by atoms with Gasteiger partial charge in [-0.25, -0.2) is 0 Å². The summed E-state index contributed by atoms with van der Waals surface area (Å²) in [4.78, 5) is 28.5. The van der Waals surface area contributed by atoms with Crippen LogP contribution in [0, 0.1) is 0 Å². The fourth-order valence-corrected chi connectivity index (χ4v) is 3.14. The van der Waals surface area contributed by atoms with Crippen molar-refractivity contribution in [3.63, 3.8) is 0 Å². The molecule has 138 valence electrons. The van der Waals surface area contributed by atoms with Crippen LogP contribution in [-0.4, -0.2) is 54.9 Å². The Morgan fingerprint density at radius 1 is 1.08 bits per heavy atom. The number of benzene rings is 1. The van der Waals surface area contributed by atoms with Gasteiger partial charge in [0.15, 0.2) is 0 Å². The normalized spacial score (nSPS) is 15.2. The van der Waals surface area contributed by atoms with Gasteiger partial charge >= 0.3 is 0 Å². The van der Waals surface area contributed by atoms with Gasteiger partial charge in [-0.2, -0.15) is 0 Å². The molecule has 5 heteroatoms. The van der Waals surface area contributed by atoms with Gasteiger partial charge in [0.2, 0.25) is 5.91 Å². The number of carbonyl (C=O) groups is 2. The molecule has 0 spiro atoms. The van der Waals surface area contributed by atoms with Crippen molar-refractivity contribution in [3.8, 4) is 5.75 Å². The van der Waals surface area contributed by atoms with Gasteiger partial charge in [0.05, 0.1) is 7.11 Å². The van der Waals surface area contributed by atoms with E-state index in [4.69, 9.17) is 4.74 Å². The molecule has 0 aromatic heterocycles. The third-order valence-electron chi connectivity index (χ3n) is 4.64. The predicted octanol–water partition coefficient (Wildman–Crippen LogP) is 3.08. The molecular formula is C20H30N2O3. The minimum absolute atomic E-state index is 0.0238. The van der Waals surface area contributed by atoms with Gasteiger partial charge in [-0.1, -0.05) is 27.7 Å². The second kappa shape index (κ2) is 7.89. The molecule has 1 fully saturated rings. The number of hydrogen-bond acceptors (Lipinski definition) is 3. The molecule has 1 aromatic carbocycles. The van der Waals surface area contributed by atoms with E-state index in [0.29, 0.717) is 38.2 Å². The van der Waals surface area contributed by atoms with Crippen molar-refractivity contribution in [1.29, 1.82) is 0 Å². The van der Waals surface area contributed by atoms with Crippen molar-refractivity contribution >= 4 is 11.8 Å². The molecule has 0 bridgehead atoms. The van der Waals surface area contributed by atoms with Crippen LogP contribution in [0.2, 0.25) is 0 Å². The number of carbonyl (C=O) groups excluding carboxylic acids is 2. The third-order valence-corrected chi connectivity index (χ3v) is 4.64. The van der Waals surface area contributed by atoms with E-state index in [2.05, 4.69) is 20.8 Å². The molecule has 2 amide bonds. The molecule has 1 aliphatic heterocycles. The van der Waals surface area contributed by atoms with Crippen LogP contribution in [0.15, 0.2) is 18.2 Å². The van der Waals surface area contributed by atoms with Gasteiger partial charge < -0.3 is 14.5 Å². The molecule has 0 radical (unpaired) electrons. The van der Waals surface area contributed by atoms with Crippen LogP contribution in [0.3, 0.4) is 0 Å². The van der Waals surface area contributed by atoms with Crippen LogP contribution in [0.25, 0.3) is 0 Å². The molecule has 5 nitrogen and oxygen atoms in total. The molecule has 0 saturated carbocycles. The number of nitrogens with zero attached hydrogens (tertiary/aromatic N) is 2. The molecule has 0 aliphatic carbocycles. The predicted molar refractivity (Wildman–Crippen MR) is 99.1 cm³/mol. The zero-order valence-electron chi connectivity index (χ0n) is 16.1. The monoisotopic (exact) mass is 346 g/mol. The Labute approximate surface area is 150 Å². The number of methoxy groups -OCH3 is 1. The Hall–Kier alpha value is -2.04. The minimum Gasteiger partial charge on any atom is -0.496 e. The molecule has 25 heavy (non-hydrogen) atoms. The number of rotatable bonds is 4. The summed E-state index contributed by atoms with van der Waals surface area (Å²) in [5.74, 6) is 1.02. The fourth-order valence-electron chi connectivity index (χ4n) is 3.14. The molecule has 0 N–H and O–H groups in total. The summed E-state index contributed by atoms with van der Waals surface area (Å²) in [6.45, 7) is 10.7. The first-order chi connectivity index (χ1) is 11.8. The summed E-state index contributed by atoms with van der Waals surface area (Å²) in [7, 11) is 1.65. The van der Waals surface area contributed by atoms with Crippen molar-refractivity contribution < 1.29 is 14.3 Å². The quantitative estimate of drug-likeness (QED) is 0.842. The summed E-state index contributed by atoms with van der Waals surface area (Å²) in [5, 5.41) is 0. The van der Waals surface area contributed by atoms with E-state index in [9.17, 15) is 9.59 Å². The van der Waals surface area contributed by atoms with Crippen molar-refractivity contribution in [1.82, 2.24) is 9.80 Å². The topological polar surface area (TPSA) is 49.9 Å². The first-order valence-electron chi connectivity index (χ1n) is 9.03. The fraction of sp³-hybridized carbons (Fsp3) is 0.600. The summed E-state index contributed by atoms with van der Waals surface area (Å²) in [6.07, 6.45) is 1.45. The van der Waals surface area contributed by atoms with Gasteiger partial charge in [-0.15, -0.1) is 0 Å². The zero-order chi connectivity index (χ0) is 18.6. The lowest BCUT2D eigenvalue weighted by Crippen LogP contribution is -2.50. The van der Waals surface area contributed by atoms with Crippen LogP contribution in [0.1, 0.15) is 56.5 Å². The van der Waals surface area contributed by atoms with Crippen molar-refractivity contribution in [3.05, 3.63) is 29.3 Å². The number of amides is 2. The van der Waals surface area contributed by atoms with Gasteiger partial charge in [-0.3, -0.25) is 9.59 Å². The maximum absolute atomic E-state index is 12.9. The number of piperazine rings is 1. The molecule has 1 aromatic rings. The summed E-state index contributed by atoms with van der Waals surface area (Å²) >= 11 is 0. The Morgan fingerprint density at radius 2 is 1.68 bits per heavy atom. The summed E-state index contributed by atoms with van der Waals surface area (Å²) in [5.41, 5.74) is 1.60. The Balaban J connectivity index is 2.10. The van der Waals surface area contributed by atoms with Crippen LogP contribution in [0.4, 0.5) is 0 Å². The molecule has 2 rings (SSSR count). The SMILES string of the molecule is CCCC(=O)N1CCN(C(=O)c2ccc(OC)c(C(C)(C)C)c2)CC1. The molecule has 1 heterocycles. The lowest BCUT2D eigenvalue weighted by Gasteiger charge is -2.35. The highest BCUT2D eigenvalue weighted by atomic mass is 16.5. The van der Waals surface area contributed by atoms with Gasteiger partial charge in [0.1, 0.15) is 5.75 Å². The molecule has 0 atom stereocenters. The average Bonchev–Trinajstić information content (AvgIpc) is 2.60. The summed E-state index contributed by atoms with van der Waals surface area (Å²) in [6, 6.07) is 5.63. The highest BCUT2D eigenvalue weighted by Gasteiger charge is 2.26. The van der Waals surface area contributed by atoms with Crippen molar-refractivity contribution in [2.45, 2.75) is 46.0 Å². The smallest absolute Gasteiger partial charge is 0.253 e. The van der Waals surface area contributed by atoms with Crippen molar-refractivity contribution in [2.75, 3.05) is 33.3 Å². The van der Waals surface area contributed by atoms with E-state index in [-0.39, 0.29) is 17.2 Å². The average molecular weight is 346 g/mol. The van der Waals surface area contributed by atoms with Gasteiger partial charge in [-0.05, 0) is 30.0 Å². The first kappa shape index (κ1) is 19.3. The van der Waals surface area contributed by atoms with Crippen LogP contribution < -0.4 is 4.74 Å². The Bertz CT molecular complexity index is 626. The van der Waals surface area contributed by atoms with E-state index >= 15 is 0 Å². The third kappa shape index (κ3) is 4.53. The van der Waals surface area contributed by atoms with E-state index in [1.807, 2.05) is 34.9 Å². The standard InChI is InChI=1S/C20H30N2O3/c1-6-7-18(23)21-10-12-22(13-11-21)19(24)15-8-9-17(25-5)16(14-15)20(2,3)4/h8-9,14H,6-7,10-13H2,1-5H3. The van der Waals surface area contributed by atoms with Crippen LogP contribution >= 0.6 is 0 Å². The van der Waals surface area contributed by atoms with E-state index in [1.165, 1.54) is 0 Å². The second-order valence-electron chi connectivity index (χ2n) is 7.59. The van der Waals surface area contributed by atoms with E-state index in [1.54, 1.807) is 7.11 Å². The number of ether oxygens (including phenoxy) is 1. The van der Waals surface area contributed by atoms with E-state index < -0.39 is 0 Å². The zero-order valence-corrected chi connectivity index (χ0v) is 16.1. The molecule has 0 unspecified atom stereocenters. The maximum Gasteiger partial charge on any atom is 0.253 e. The van der Waals surface area contributed by atoms with E-state index in [0.717, 1.165) is 17.7 Å². The Morgan fingerprint density at radius 3 is 2.20 bits per heavy atom. The molecular weight excluding hydrogens is 316 g/mol. The van der Waals surface area contributed by atoms with Crippen LogP contribution in [0.5, 0.6) is 5.75 Å². The van der Waals surface area contributed by atoms with Gasteiger partial charge in [0.25, 0.3) is 5.91 Å². The molecule has 1 saturated heterocycles.